The molecule has 0 aliphatic rings. The van der Waals surface area contributed by atoms with Crippen molar-refractivity contribution < 1.29 is 4.79 Å². The molecule has 1 rings (SSSR count). The van der Waals surface area contributed by atoms with Crippen LogP contribution >= 0.6 is 43.5 Å². The number of nitrogens with one attached hydrogen (secondary N) is 1. The van der Waals surface area contributed by atoms with Crippen LogP contribution in [0.2, 0.25) is 5.02 Å². The predicted octanol–water partition coefficient (Wildman–Crippen LogP) is 4.64. The van der Waals surface area contributed by atoms with Crippen molar-refractivity contribution >= 4 is 49.4 Å². The van der Waals surface area contributed by atoms with Gasteiger partial charge in [0.05, 0.1) is 10.6 Å². The van der Waals surface area contributed by atoms with Crippen molar-refractivity contribution in [1.29, 1.82) is 0 Å². The monoisotopic (exact) mass is 395 g/mol. The van der Waals surface area contributed by atoms with Gasteiger partial charge in [-0.3, -0.25) is 4.79 Å². The van der Waals surface area contributed by atoms with Gasteiger partial charge in [-0.2, -0.15) is 0 Å². The molecule has 0 spiro atoms. The SMILES string of the molecule is CC(CBr)CCCNC(=O)c1ccc(Br)cc1Cl. The predicted molar refractivity (Wildman–Crippen MR) is 83.7 cm³/mol. The Morgan fingerprint density at radius 3 is 2.83 bits per heavy atom. The van der Waals surface area contributed by atoms with Crippen LogP contribution in [0.4, 0.5) is 0 Å². The second kappa shape index (κ2) is 8.18. The summed E-state index contributed by atoms with van der Waals surface area (Å²) in [6.07, 6.45) is 2.08. The van der Waals surface area contributed by atoms with Gasteiger partial charge in [-0.15, -0.1) is 0 Å². The normalized spacial score (nSPS) is 12.2. The van der Waals surface area contributed by atoms with E-state index < -0.39 is 0 Å². The quantitative estimate of drug-likeness (QED) is 0.550. The van der Waals surface area contributed by atoms with Crippen LogP contribution in [-0.4, -0.2) is 17.8 Å². The third-order valence-corrected chi connectivity index (χ3v) is 4.51. The minimum absolute atomic E-state index is 0.112. The number of hydrogen-bond donors (Lipinski definition) is 1. The van der Waals surface area contributed by atoms with E-state index in [1.54, 1.807) is 12.1 Å². The number of carbonyl (C=O) groups is 1. The molecule has 1 atom stereocenters. The Morgan fingerprint density at radius 1 is 1.50 bits per heavy atom. The van der Waals surface area contributed by atoms with Crippen LogP contribution in [0.1, 0.15) is 30.1 Å². The fraction of sp³-hybridized carbons (Fsp3) is 0.462. The van der Waals surface area contributed by atoms with Gasteiger partial charge < -0.3 is 5.32 Å². The van der Waals surface area contributed by atoms with Gasteiger partial charge in [0, 0.05) is 16.3 Å². The first-order chi connectivity index (χ1) is 8.54. The molecular weight excluding hydrogens is 381 g/mol. The summed E-state index contributed by atoms with van der Waals surface area (Å²) in [7, 11) is 0. The van der Waals surface area contributed by atoms with E-state index >= 15 is 0 Å². The number of hydrogen-bond acceptors (Lipinski definition) is 1. The Hall–Kier alpha value is -0.0600. The molecule has 0 fully saturated rings. The highest BCUT2D eigenvalue weighted by Gasteiger charge is 2.10. The van der Waals surface area contributed by atoms with Crippen molar-refractivity contribution in [2.75, 3.05) is 11.9 Å². The highest BCUT2D eigenvalue weighted by atomic mass is 79.9. The van der Waals surface area contributed by atoms with Gasteiger partial charge in [-0.25, -0.2) is 0 Å². The van der Waals surface area contributed by atoms with E-state index in [1.165, 1.54) is 0 Å². The third-order valence-electron chi connectivity index (χ3n) is 2.60. The number of carbonyl (C=O) groups excluding carboxylic acids is 1. The van der Waals surface area contributed by atoms with Crippen LogP contribution in [0.15, 0.2) is 22.7 Å². The largest absolute Gasteiger partial charge is 0.352 e. The summed E-state index contributed by atoms with van der Waals surface area (Å²) in [6.45, 7) is 2.87. The van der Waals surface area contributed by atoms with Crippen LogP contribution in [-0.2, 0) is 0 Å². The van der Waals surface area contributed by atoms with E-state index in [4.69, 9.17) is 11.6 Å². The Morgan fingerprint density at radius 2 is 2.22 bits per heavy atom. The van der Waals surface area contributed by atoms with E-state index in [-0.39, 0.29) is 5.91 Å². The number of rotatable bonds is 6. The third kappa shape index (κ3) is 5.29. The van der Waals surface area contributed by atoms with Crippen molar-refractivity contribution in [3.05, 3.63) is 33.3 Å². The molecule has 1 aromatic carbocycles. The molecule has 0 bridgehead atoms. The zero-order valence-electron chi connectivity index (χ0n) is 10.2. The van der Waals surface area contributed by atoms with Crippen LogP contribution in [0, 0.1) is 5.92 Å². The molecule has 0 saturated carbocycles. The summed E-state index contributed by atoms with van der Waals surface area (Å²) < 4.78 is 0.871. The topological polar surface area (TPSA) is 29.1 Å². The van der Waals surface area contributed by atoms with Crippen molar-refractivity contribution in [1.82, 2.24) is 5.32 Å². The van der Waals surface area contributed by atoms with Crippen LogP contribution < -0.4 is 5.32 Å². The van der Waals surface area contributed by atoms with Gasteiger partial charge in [-0.1, -0.05) is 50.4 Å². The molecule has 1 amide bonds. The molecule has 0 aromatic heterocycles. The number of halogens is 3. The number of benzene rings is 1. The maximum Gasteiger partial charge on any atom is 0.252 e. The summed E-state index contributed by atoms with van der Waals surface area (Å²) >= 11 is 12.8. The second-order valence-electron chi connectivity index (χ2n) is 4.28. The molecule has 1 unspecified atom stereocenters. The molecule has 5 heteroatoms. The Labute approximate surface area is 130 Å². The Kier molecular flexibility index (Phi) is 7.27. The summed E-state index contributed by atoms with van der Waals surface area (Å²) in [5.74, 6) is 0.525. The number of amides is 1. The first-order valence-corrected chi connectivity index (χ1v) is 8.13. The summed E-state index contributed by atoms with van der Waals surface area (Å²) in [6, 6.07) is 5.26. The average Bonchev–Trinajstić information content (AvgIpc) is 2.34. The highest BCUT2D eigenvalue weighted by Crippen LogP contribution is 2.21. The maximum atomic E-state index is 11.9. The van der Waals surface area contributed by atoms with E-state index in [1.807, 2.05) is 6.07 Å². The maximum absolute atomic E-state index is 11.9. The lowest BCUT2D eigenvalue weighted by Crippen LogP contribution is -2.25. The molecule has 0 aliphatic carbocycles. The Balaban J connectivity index is 2.41. The zero-order valence-corrected chi connectivity index (χ0v) is 14.1. The number of alkyl halides is 1. The van der Waals surface area contributed by atoms with Gasteiger partial charge >= 0.3 is 0 Å². The van der Waals surface area contributed by atoms with Gasteiger partial charge in [0.15, 0.2) is 0 Å². The molecule has 2 nitrogen and oxygen atoms in total. The molecule has 18 heavy (non-hydrogen) atoms. The Bertz CT molecular complexity index is 412. The van der Waals surface area contributed by atoms with Gasteiger partial charge in [0.25, 0.3) is 5.91 Å². The summed E-state index contributed by atoms with van der Waals surface area (Å²) in [5, 5.41) is 4.35. The molecule has 1 aromatic rings. The minimum atomic E-state index is -0.112. The van der Waals surface area contributed by atoms with Gasteiger partial charge in [-0.05, 0) is 37.0 Å². The average molecular weight is 398 g/mol. The molecule has 1 N–H and O–H groups in total. The lowest BCUT2D eigenvalue weighted by atomic mass is 10.1. The van der Waals surface area contributed by atoms with E-state index in [9.17, 15) is 4.79 Å². The van der Waals surface area contributed by atoms with E-state index in [0.717, 1.165) is 22.6 Å². The lowest BCUT2D eigenvalue weighted by Gasteiger charge is -2.09. The van der Waals surface area contributed by atoms with Crippen LogP contribution in [0.3, 0.4) is 0 Å². The molecular formula is C13H16Br2ClNO. The standard InChI is InChI=1S/C13H16Br2ClNO/c1-9(8-14)3-2-6-17-13(18)11-5-4-10(15)7-12(11)16/h4-5,7,9H,2-3,6,8H2,1H3,(H,17,18). The fourth-order valence-corrected chi connectivity index (χ4v) is 2.58. The molecule has 100 valence electrons. The second-order valence-corrected chi connectivity index (χ2v) is 6.25. The van der Waals surface area contributed by atoms with Crippen molar-refractivity contribution in [3.63, 3.8) is 0 Å². The first kappa shape index (κ1) is 16.0. The van der Waals surface area contributed by atoms with Gasteiger partial charge in [0.1, 0.15) is 0 Å². The zero-order chi connectivity index (χ0) is 13.5. The molecule has 0 aliphatic heterocycles. The van der Waals surface area contributed by atoms with Crippen molar-refractivity contribution in [3.8, 4) is 0 Å². The van der Waals surface area contributed by atoms with Crippen LogP contribution in [0.5, 0.6) is 0 Å². The molecule has 0 heterocycles. The molecule has 0 saturated heterocycles. The van der Waals surface area contributed by atoms with Crippen molar-refractivity contribution in [2.24, 2.45) is 5.92 Å². The van der Waals surface area contributed by atoms with Crippen molar-refractivity contribution in [2.45, 2.75) is 19.8 Å². The smallest absolute Gasteiger partial charge is 0.252 e. The van der Waals surface area contributed by atoms with Gasteiger partial charge in [0.2, 0.25) is 0 Å². The fourth-order valence-electron chi connectivity index (χ4n) is 1.50. The van der Waals surface area contributed by atoms with E-state index in [0.29, 0.717) is 23.0 Å². The molecule has 0 radical (unpaired) electrons. The van der Waals surface area contributed by atoms with E-state index in [2.05, 4.69) is 44.1 Å². The lowest BCUT2D eigenvalue weighted by molar-refractivity contribution is 0.0952. The summed E-state index contributed by atoms with van der Waals surface area (Å²) in [4.78, 5) is 11.9. The highest BCUT2D eigenvalue weighted by molar-refractivity contribution is 9.10. The minimum Gasteiger partial charge on any atom is -0.352 e. The first-order valence-electron chi connectivity index (χ1n) is 5.83. The van der Waals surface area contributed by atoms with Crippen LogP contribution in [0.25, 0.3) is 0 Å². The summed E-state index contributed by atoms with van der Waals surface area (Å²) in [5.41, 5.74) is 0.522.